The fourth-order valence-electron chi connectivity index (χ4n) is 3.88. The van der Waals surface area contributed by atoms with Crippen LogP contribution in [0.1, 0.15) is 98.8 Å². The maximum atomic E-state index is 2.79. The summed E-state index contributed by atoms with van der Waals surface area (Å²) in [6.07, 6.45) is 14.0. The maximum Gasteiger partial charge on any atom is 0.0158 e. The Morgan fingerprint density at radius 1 is 0.737 bits per heavy atom. The van der Waals surface area contributed by atoms with Gasteiger partial charge in [-0.3, -0.25) is 4.90 Å². The zero-order chi connectivity index (χ0) is 14.4. The molecule has 0 atom stereocenters. The van der Waals surface area contributed by atoms with Gasteiger partial charge in [-0.25, -0.2) is 0 Å². The third-order valence-electron chi connectivity index (χ3n) is 5.02. The van der Waals surface area contributed by atoms with Crippen molar-refractivity contribution in [3.63, 3.8) is 0 Å². The van der Waals surface area contributed by atoms with Crippen molar-refractivity contribution in [3.8, 4) is 0 Å². The Kier molecular flexibility index (Phi) is 6.86. The number of hydrogen-bond donors (Lipinski definition) is 0. The molecule has 0 aromatic carbocycles. The fraction of sp³-hybridized carbons (Fsp3) is 1.00. The highest BCUT2D eigenvalue weighted by Gasteiger charge is 2.40. The average Bonchev–Trinajstić information content (AvgIpc) is 2.30. The van der Waals surface area contributed by atoms with Gasteiger partial charge in [0.1, 0.15) is 0 Å². The SMILES string of the molecule is CCCCCCCCCN1C(C)(C)CCCC1(C)C. The van der Waals surface area contributed by atoms with E-state index >= 15 is 0 Å². The molecule has 19 heavy (non-hydrogen) atoms. The van der Waals surface area contributed by atoms with Gasteiger partial charge >= 0.3 is 0 Å². The molecule has 0 spiro atoms. The number of likely N-dealkylation sites (tertiary alicyclic amines) is 1. The average molecular weight is 268 g/mol. The van der Waals surface area contributed by atoms with E-state index in [-0.39, 0.29) is 0 Å². The molecule has 114 valence electrons. The van der Waals surface area contributed by atoms with Gasteiger partial charge in [0.2, 0.25) is 0 Å². The summed E-state index contributed by atoms with van der Waals surface area (Å²) in [6.45, 7) is 13.4. The molecule has 0 unspecified atom stereocenters. The van der Waals surface area contributed by atoms with Gasteiger partial charge in [-0.2, -0.15) is 0 Å². The third kappa shape index (κ3) is 5.45. The van der Waals surface area contributed by atoms with Crippen LogP contribution in [-0.2, 0) is 0 Å². The number of hydrogen-bond acceptors (Lipinski definition) is 1. The van der Waals surface area contributed by atoms with E-state index < -0.39 is 0 Å². The van der Waals surface area contributed by atoms with Crippen molar-refractivity contribution in [2.45, 2.75) is 110 Å². The Bertz CT molecular complexity index is 226. The van der Waals surface area contributed by atoms with E-state index in [0.717, 1.165) is 0 Å². The lowest BCUT2D eigenvalue weighted by Gasteiger charge is -2.53. The molecule has 0 aromatic rings. The van der Waals surface area contributed by atoms with Crippen LogP contribution in [-0.4, -0.2) is 22.5 Å². The largest absolute Gasteiger partial charge is 0.293 e. The first-order valence-corrected chi connectivity index (χ1v) is 8.68. The van der Waals surface area contributed by atoms with Crippen LogP contribution >= 0.6 is 0 Å². The number of rotatable bonds is 8. The number of piperidine rings is 1. The van der Waals surface area contributed by atoms with Crippen molar-refractivity contribution in [1.82, 2.24) is 4.90 Å². The van der Waals surface area contributed by atoms with Crippen LogP contribution in [0.25, 0.3) is 0 Å². The monoisotopic (exact) mass is 267 g/mol. The molecule has 1 aliphatic rings. The van der Waals surface area contributed by atoms with Gasteiger partial charge in [-0.05, 0) is 59.9 Å². The van der Waals surface area contributed by atoms with Crippen LogP contribution in [0.4, 0.5) is 0 Å². The van der Waals surface area contributed by atoms with Crippen LogP contribution in [0.2, 0.25) is 0 Å². The highest BCUT2D eigenvalue weighted by atomic mass is 15.3. The molecule has 1 rings (SSSR count). The van der Waals surface area contributed by atoms with E-state index in [1.165, 1.54) is 70.8 Å². The molecule has 1 aliphatic heterocycles. The molecule has 0 aromatic heterocycles. The van der Waals surface area contributed by atoms with Crippen molar-refractivity contribution in [3.05, 3.63) is 0 Å². The van der Waals surface area contributed by atoms with E-state index in [0.29, 0.717) is 11.1 Å². The Balaban J connectivity index is 2.25. The Hall–Kier alpha value is -0.0400. The van der Waals surface area contributed by atoms with E-state index in [9.17, 15) is 0 Å². The topological polar surface area (TPSA) is 3.24 Å². The van der Waals surface area contributed by atoms with Crippen LogP contribution in [0.3, 0.4) is 0 Å². The Labute approximate surface area is 122 Å². The second-order valence-electron chi connectivity index (χ2n) is 7.75. The predicted octanol–water partition coefficient (Wildman–Crippen LogP) is 5.78. The molecule has 0 bridgehead atoms. The summed E-state index contributed by atoms with van der Waals surface area (Å²) in [5.74, 6) is 0. The standard InChI is InChI=1S/C18H37N/c1-6-7-8-9-10-11-12-16-19-17(2,3)14-13-15-18(19,4)5/h6-16H2,1-5H3. The van der Waals surface area contributed by atoms with Crippen molar-refractivity contribution >= 4 is 0 Å². The number of unbranched alkanes of at least 4 members (excludes halogenated alkanes) is 6. The molecule has 0 saturated carbocycles. The highest BCUT2D eigenvalue weighted by Crippen LogP contribution is 2.38. The molecule has 0 amide bonds. The van der Waals surface area contributed by atoms with E-state index in [1.54, 1.807) is 0 Å². The molecule has 0 radical (unpaired) electrons. The number of nitrogens with zero attached hydrogens (tertiary/aromatic N) is 1. The van der Waals surface area contributed by atoms with Gasteiger partial charge in [0.05, 0.1) is 0 Å². The zero-order valence-electron chi connectivity index (χ0n) is 14.2. The first kappa shape index (κ1) is 17.0. The van der Waals surface area contributed by atoms with Gasteiger partial charge in [0, 0.05) is 11.1 Å². The minimum atomic E-state index is 0.407. The van der Waals surface area contributed by atoms with Crippen LogP contribution < -0.4 is 0 Å². The zero-order valence-corrected chi connectivity index (χ0v) is 14.2. The van der Waals surface area contributed by atoms with Crippen LogP contribution in [0.5, 0.6) is 0 Å². The Morgan fingerprint density at radius 3 is 1.74 bits per heavy atom. The molecule has 1 heteroatoms. The lowest BCUT2D eigenvalue weighted by molar-refractivity contribution is -0.0276. The van der Waals surface area contributed by atoms with Crippen molar-refractivity contribution < 1.29 is 0 Å². The predicted molar refractivity (Wildman–Crippen MR) is 86.7 cm³/mol. The smallest absolute Gasteiger partial charge is 0.0158 e. The summed E-state index contributed by atoms with van der Waals surface area (Å²) < 4.78 is 0. The van der Waals surface area contributed by atoms with Gasteiger partial charge in [0.25, 0.3) is 0 Å². The van der Waals surface area contributed by atoms with Gasteiger partial charge in [-0.1, -0.05) is 45.4 Å². The first-order chi connectivity index (χ1) is 8.90. The quantitative estimate of drug-likeness (QED) is 0.504. The van der Waals surface area contributed by atoms with Crippen molar-refractivity contribution in [2.24, 2.45) is 0 Å². The summed E-state index contributed by atoms with van der Waals surface area (Å²) in [7, 11) is 0. The molecule has 1 saturated heterocycles. The summed E-state index contributed by atoms with van der Waals surface area (Å²) in [5.41, 5.74) is 0.813. The van der Waals surface area contributed by atoms with E-state index in [1.807, 2.05) is 0 Å². The van der Waals surface area contributed by atoms with Gasteiger partial charge in [0.15, 0.2) is 0 Å². The van der Waals surface area contributed by atoms with Crippen LogP contribution in [0, 0.1) is 0 Å². The normalized spacial score (nSPS) is 22.6. The van der Waals surface area contributed by atoms with Crippen molar-refractivity contribution in [2.75, 3.05) is 6.54 Å². The maximum absolute atomic E-state index is 2.79. The molecule has 1 nitrogen and oxygen atoms in total. The van der Waals surface area contributed by atoms with Crippen molar-refractivity contribution in [1.29, 1.82) is 0 Å². The molecule has 1 fully saturated rings. The van der Waals surface area contributed by atoms with E-state index in [2.05, 4.69) is 39.5 Å². The second-order valence-corrected chi connectivity index (χ2v) is 7.75. The lowest BCUT2D eigenvalue weighted by Crippen LogP contribution is -2.58. The molecule has 0 N–H and O–H groups in total. The highest BCUT2D eigenvalue weighted by molar-refractivity contribution is 4.96. The molecule has 0 aliphatic carbocycles. The summed E-state index contributed by atoms with van der Waals surface area (Å²) >= 11 is 0. The minimum Gasteiger partial charge on any atom is -0.293 e. The molecular formula is C18H37N. The summed E-state index contributed by atoms with van der Waals surface area (Å²) in [4.78, 5) is 2.79. The second kappa shape index (κ2) is 7.67. The minimum absolute atomic E-state index is 0.407. The fourth-order valence-corrected chi connectivity index (χ4v) is 3.88. The van der Waals surface area contributed by atoms with E-state index in [4.69, 9.17) is 0 Å². The third-order valence-corrected chi connectivity index (χ3v) is 5.02. The van der Waals surface area contributed by atoms with Crippen LogP contribution in [0.15, 0.2) is 0 Å². The van der Waals surface area contributed by atoms with Gasteiger partial charge in [-0.15, -0.1) is 0 Å². The van der Waals surface area contributed by atoms with Gasteiger partial charge < -0.3 is 0 Å². The summed E-state index contributed by atoms with van der Waals surface area (Å²) in [5, 5.41) is 0. The summed E-state index contributed by atoms with van der Waals surface area (Å²) in [6, 6.07) is 0. The molecule has 1 heterocycles. The molecular weight excluding hydrogens is 230 g/mol. The first-order valence-electron chi connectivity index (χ1n) is 8.68. The Morgan fingerprint density at radius 2 is 1.21 bits per heavy atom. The lowest BCUT2D eigenvalue weighted by atomic mass is 9.79.